The molecule has 186 valence electrons. The molecule has 0 spiro atoms. The van der Waals surface area contributed by atoms with Crippen molar-refractivity contribution in [3.8, 4) is 5.75 Å². The lowest BCUT2D eigenvalue weighted by Gasteiger charge is -2.21. The molecule has 6 N–H and O–H groups in total. The molecular weight excluding hydrogens is 424 g/mol. The minimum absolute atomic E-state index is 0.0273. The van der Waals surface area contributed by atoms with Crippen LogP contribution in [0.15, 0.2) is 59.8 Å². The lowest BCUT2D eigenvalue weighted by molar-refractivity contribution is 0.0940. The Kier molecular flexibility index (Phi) is 11.6. The van der Waals surface area contributed by atoms with E-state index in [9.17, 15) is 4.79 Å². The van der Waals surface area contributed by atoms with Gasteiger partial charge in [-0.3, -0.25) is 16.1 Å². The number of carbonyl (C=O) groups is 1. The number of amides is 1. The van der Waals surface area contributed by atoms with Crippen molar-refractivity contribution in [3.63, 3.8) is 0 Å². The van der Waals surface area contributed by atoms with Gasteiger partial charge in [-0.05, 0) is 80.0 Å². The number of hydrazine groups is 1. The Morgan fingerprint density at radius 3 is 2.18 bits per heavy atom. The number of unbranched alkanes of at least 4 members (excludes halogenated alkanes) is 1. The Bertz CT molecular complexity index is 901. The highest BCUT2D eigenvalue weighted by molar-refractivity contribution is 5.94. The van der Waals surface area contributed by atoms with Crippen molar-refractivity contribution in [1.29, 1.82) is 0 Å². The number of nitrogens with two attached hydrogens (primary N) is 1. The van der Waals surface area contributed by atoms with Gasteiger partial charge in [0.25, 0.3) is 5.91 Å². The van der Waals surface area contributed by atoms with E-state index in [1.165, 1.54) is 42.5 Å². The van der Waals surface area contributed by atoms with E-state index in [1.807, 2.05) is 38.2 Å². The number of likely N-dealkylation sites (N-methyl/N-ethyl adjacent to an activating group) is 1. The largest absolute Gasteiger partial charge is 0.508 e. The third-order valence-electron chi connectivity index (χ3n) is 6.06. The van der Waals surface area contributed by atoms with Gasteiger partial charge >= 0.3 is 0 Å². The van der Waals surface area contributed by atoms with Crippen LogP contribution in [-0.4, -0.2) is 24.1 Å². The molecule has 0 heterocycles. The number of aryl methyl sites for hydroxylation is 1. The molecule has 6 nitrogen and oxygen atoms in total. The number of benzene rings is 2. The van der Waals surface area contributed by atoms with E-state index in [0.29, 0.717) is 0 Å². The molecule has 1 unspecified atom stereocenters. The number of hydrogen-bond donors (Lipinski definition) is 5. The van der Waals surface area contributed by atoms with Gasteiger partial charge < -0.3 is 15.7 Å². The molecule has 2 atom stereocenters. The summed E-state index contributed by atoms with van der Waals surface area (Å²) >= 11 is 0. The van der Waals surface area contributed by atoms with Crippen molar-refractivity contribution in [2.45, 2.75) is 77.8 Å². The van der Waals surface area contributed by atoms with Crippen LogP contribution in [0.4, 0.5) is 0 Å². The molecule has 1 saturated carbocycles. The molecule has 0 saturated heterocycles. The molecular formula is C28H42N4O2. The van der Waals surface area contributed by atoms with Crippen molar-refractivity contribution < 1.29 is 9.90 Å². The molecule has 0 aliphatic heterocycles. The van der Waals surface area contributed by atoms with Gasteiger partial charge in [0.2, 0.25) is 0 Å². The van der Waals surface area contributed by atoms with Crippen LogP contribution in [-0.2, 0) is 6.42 Å². The topological polar surface area (TPSA) is 99.4 Å². The highest BCUT2D eigenvalue weighted by atomic mass is 16.3. The summed E-state index contributed by atoms with van der Waals surface area (Å²) in [5.74, 6) is 5.53. The normalized spacial score (nSPS) is 13.9. The molecule has 3 rings (SSSR count). The maximum atomic E-state index is 12.6. The summed E-state index contributed by atoms with van der Waals surface area (Å²) in [7, 11) is 1.96. The molecule has 2 aromatic rings. The second-order valence-electron chi connectivity index (χ2n) is 8.86. The van der Waals surface area contributed by atoms with Crippen LogP contribution in [0.2, 0.25) is 0 Å². The number of rotatable bonds is 11. The van der Waals surface area contributed by atoms with Crippen LogP contribution in [0, 0.1) is 0 Å². The zero-order chi connectivity index (χ0) is 24.9. The van der Waals surface area contributed by atoms with Gasteiger partial charge in [-0.1, -0.05) is 51.0 Å². The van der Waals surface area contributed by atoms with Gasteiger partial charge in [0.1, 0.15) is 5.75 Å². The molecule has 1 aliphatic carbocycles. The summed E-state index contributed by atoms with van der Waals surface area (Å²) in [5.41, 5.74) is 8.42. The van der Waals surface area contributed by atoms with Crippen molar-refractivity contribution in [3.05, 3.63) is 76.5 Å². The molecule has 0 bridgehead atoms. The maximum absolute atomic E-state index is 12.6. The lowest BCUT2D eigenvalue weighted by Crippen LogP contribution is -2.39. The molecule has 1 fully saturated rings. The van der Waals surface area contributed by atoms with E-state index in [-0.39, 0.29) is 23.7 Å². The number of phenols is 1. The van der Waals surface area contributed by atoms with Crippen LogP contribution in [0.5, 0.6) is 5.75 Å². The summed E-state index contributed by atoms with van der Waals surface area (Å²) < 4.78 is 0. The molecule has 1 aliphatic rings. The molecule has 6 heteroatoms. The van der Waals surface area contributed by atoms with E-state index in [4.69, 9.17) is 10.9 Å². The Hall–Kier alpha value is -2.83. The molecule has 0 aromatic heterocycles. The predicted octanol–water partition coefficient (Wildman–Crippen LogP) is 5.11. The van der Waals surface area contributed by atoms with Crippen molar-refractivity contribution in [2.75, 3.05) is 7.05 Å². The zero-order valence-electron chi connectivity index (χ0n) is 21.2. The Morgan fingerprint density at radius 2 is 1.68 bits per heavy atom. The number of hydrogen-bond acceptors (Lipinski definition) is 5. The lowest BCUT2D eigenvalue weighted by atomic mass is 10.0. The maximum Gasteiger partial charge on any atom is 0.251 e. The first kappa shape index (κ1) is 27.4. The van der Waals surface area contributed by atoms with Gasteiger partial charge in [0.05, 0.1) is 6.04 Å². The molecule has 1 amide bonds. The second kappa shape index (κ2) is 14.4. The fourth-order valence-corrected chi connectivity index (χ4v) is 3.81. The highest BCUT2D eigenvalue weighted by Gasteiger charge is 2.24. The fourth-order valence-electron chi connectivity index (χ4n) is 3.81. The van der Waals surface area contributed by atoms with Crippen LogP contribution in [0.25, 0.3) is 0 Å². The van der Waals surface area contributed by atoms with Gasteiger partial charge in [-0.15, -0.1) is 0 Å². The van der Waals surface area contributed by atoms with Crippen LogP contribution in [0.3, 0.4) is 0 Å². The quantitative estimate of drug-likeness (QED) is 0.234. The number of aromatic hydroxyl groups is 1. The first-order valence-electron chi connectivity index (χ1n) is 12.5. The van der Waals surface area contributed by atoms with E-state index in [0.717, 1.165) is 30.4 Å². The summed E-state index contributed by atoms with van der Waals surface area (Å²) in [6, 6.07) is 15.2. The first-order chi connectivity index (χ1) is 16.4. The van der Waals surface area contributed by atoms with Gasteiger partial charge in [-0.2, -0.15) is 0 Å². The van der Waals surface area contributed by atoms with Crippen LogP contribution < -0.4 is 21.9 Å². The van der Waals surface area contributed by atoms with E-state index < -0.39 is 0 Å². The molecule has 0 radical (unpaired) electrons. The Morgan fingerprint density at radius 1 is 1.03 bits per heavy atom. The van der Waals surface area contributed by atoms with Crippen molar-refractivity contribution in [1.82, 2.24) is 16.1 Å². The third-order valence-corrected chi connectivity index (χ3v) is 6.06. The summed E-state index contributed by atoms with van der Waals surface area (Å²) in [6.07, 6.45) is 7.84. The zero-order valence-corrected chi connectivity index (χ0v) is 21.2. The second-order valence-corrected chi connectivity index (χ2v) is 8.86. The van der Waals surface area contributed by atoms with Crippen LogP contribution in [0.1, 0.15) is 86.8 Å². The minimum Gasteiger partial charge on any atom is -0.508 e. The summed E-state index contributed by atoms with van der Waals surface area (Å²) in [5, 5.41) is 15.5. The summed E-state index contributed by atoms with van der Waals surface area (Å²) in [6.45, 7) is 6.31. The predicted molar refractivity (Wildman–Crippen MR) is 140 cm³/mol. The van der Waals surface area contributed by atoms with Gasteiger partial charge in [-0.25, -0.2) is 0 Å². The molecule has 2 aromatic carbocycles. The third kappa shape index (κ3) is 8.84. The van der Waals surface area contributed by atoms with Crippen molar-refractivity contribution in [2.24, 2.45) is 5.84 Å². The van der Waals surface area contributed by atoms with E-state index in [2.05, 4.69) is 42.0 Å². The highest BCUT2D eigenvalue weighted by Crippen LogP contribution is 2.32. The number of phenolic OH excluding ortho intramolecular Hbond substituents is 1. The van der Waals surface area contributed by atoms with Gasteiger partial charge in [0.15, 0.2) is 0 Å². The van der Waals surface area contributed by atoms with Crippen LogP contribution >= 0.6 is 0 Å². The Labute approximate surface area is 205 Å². The monoisotopic (exact) mass is 466 g/mol. The SMILES string of the molecule is CC(NN)c1ccc(O)cc1.CCCCc1ccc(C(=O)N[C@@H](CCC)C(NC)=C2CC2)cc1. The number of nitrogens with one attached hydrogen (secondary N) is 3. The minimum atomic E-state index is 0.0273. The molecule has 34 heavy (non-hydrogen) atoms. The standard InChI is InChI=1S/C20H30N2O.C8H12N2O/c1-4-6-8-15-9-11-17(12-10-15)20(23)22-18(7-5-2)19(21-3)16-13-14-16;1-6(10-9)7-2-4-8(11)5-3-7/h9-12,18,21H,4-8,13-14H2,1-3H3,(H,22,23);2-6,10-11H,9H2,1H3/t18-;/m0./s1. The van der Waals surface area contributed by atoms with E-state index in [1.54, 1.807) is 12.1 Å². The fraction of sp³-hybridized carbons (Fsp3) is 0.464. The smallest absolute Gasteiger partial charge is 0.251 e. The number of allylic oxidation sites excluding steroid dienone is 1. The number of carbonyl (C=O) groups excluding carboxylic acids is 1. The average Bonchev–Trinajstić information content (AvgIpc) is 3.69. The Balaban J connectivity index is 0.000000310. The van der Waals surface area contributed by atoms with Gasteiger partial charge in [0, 0.05) is 24.4 Å². The first-order valence-corrected chi connectivity index (χ1v) is 12.5. The van der Waals surface area contributed by atoms with Crippen molar-refractivity contribution >= 4 is 5.91 Å². The van der Waals surface area contributed by atoms with E-state index >= 15 is 0 Å². The average molecular weight is 467 g/mol. The summed E-state index contributed by atoms with van der Waals surface area (Å²) in [4.78, 5) is 12.6.